The van der Waals surface area contributed by atoms with Crippen LogP contribution in [0.15, 0.2) is 0 Å². The molecule has 76 valence electrons. The van der Waals surface area contributed by atoms with Crippen LogP contribution in [0.3, 0.4) is 0 Å². The molecule has 13 heavy (non-hydrogen) atoms. The van der Waals surface area contributed by atoms with Crippen molar-refractivity contribution in [3.05, 3.63) is 0 Å². The van der Waals surface area contributed by atoms with Gasteiger partial charge in [-0.3, -0.25) is 0 Å². The number of nitrogens with zero attached hydrogens (tertiary/aromatic N) is 2. The van der Waals surface area contributed by atoms with Crippen LogP contribution in [0, 0.1) is 0 Å². The molecule has 0 unspecified atom stereocenters. The van der Waals surface area contributed by atoms with Crippen molar-refractivity contribution in [2.75, 3.05) is 26.7 Å². The van der Waals surface area contributed by atoms with E-state index in [1.54, 1.807) is 12.1 Å². The quantitative estimate of drug-likeness (QED) is 0.654. The first-order chi connectivity index (χ1) is 6.25. The molecular formula is C9H18N2O2. The standard InChI is InChI=1S/C9H18N2O2/c1-3-13-9(12)10(2)11-7-5-4-6-8-11/h3-8H2,1-2H3. The van der Waals surface area contributed by atoms with Crippen molar-refractivity contribution in [3.8, 4) is 0 Å². The second-order valence-electron chi connectivity index (χ2n) is 3.24. The van der Waals surface area contributed by atoms with Crippen LogP contribution in [0.2, 0.25) is 0 Å². The Kier molecular flexibility index (Phi) is 4.02. The summed E-state index contributed by atoms with van der Waals surface area (Å²) in [4.78, 5) is 11.3. The topological polar surface area (TPSA) is 32.8 Å². The van der Waals surface area contributed by atoms with Gasteiger partial charge >= 0.3 is 6.09 Å². The minimum absolute atomic E-state index is 0.246. The number of carbonyl (C=O) groups excluding carboxylic acids is 1. The van der Waals surface area contributed by atoms with E-state index in [-0.39, 0.29) is 6.09 Å². The lowest BCUT2D eigenvalue weighted by Crippen LogP contribution is -2.46. The molecule has 1 fully saturated rings. The van der Waals surface area contributed by atoms with Gasteiger partial charge in [0.25, 0.3) is 0 Å². The van der Waals surface area contributed by atoms with Crippen LogP contribution in [0.5, 0.6) is 0 Å². The molecule has 0 saturated carbocycles. The highest BCUT2D eigenvalue weighted by molar-refractivity contribution is 5.66. The molecule has 1 aliphatic rings. The van der Waals surface area contributed by atoms with Crippen LogP contribution >= 0.6 is 0 Å². The molecule has 1 rings (SSSR count). The van der Waals surface area contributed by atoms with Crippen molar-refractivity contribution in [2.45, 2.75) is 26.2 Å². The fourth-order valence-electron chi connectivity index (χ4n) is 1.51. The van der Waals surface area contributed by atoms with Gasteiger partial charge in [-0.25, -0.2) is 14.8 Å². The first-order valence-corrected chi connectivity index (χ1v) is 4.91. The lowest BCUT2D eigenvalue weighted by Gasteiger charge is -2.33. The van der Waals surface area contributed by atoms with Crippen molar-refractivity contribution >= 4 is 6.09 Å². The molecule has 0 bridgehead atoms. The number of carbonyl (C=O) groups is 1. The average Bonchev–Trinajstić information content (AvgIpc) is 2.18. The van der Waals surface area contributed by atoms with E-state index < -0.39 is 0 Å². The van der Waals surface area contributed by atoms with Crippen LogP contribution in [0.1, 0.15) is 26.2 Å². The van der Waals surface area contributed by atoms with Gasteiger partial charge in [0.15, 0.2) is 0 Å². The molecule has 1 aliphatic heterocycles. The third-order valence-corrected chi connectivity index (χ3v) is 2.29. The summed E-state index contributed by atoms with van der Waals surface area (Å²) in [6, 6.07) is 0. The van der Waals surface area contributed by atoms with Crippen LogP contribution in [0.4, 0.5) is 4.79 Å². The van der Waals surface area contributed by atoms with Crippen molar-refractivity contribution < 1.29 is 9.53 Å². The third-order valence-electron chi connectivity index (χ3n) is 2.29. The molecule has 4 heteroatoms. The Morgan fingerprint density at radius 3 is 2.54 bits per heavy atom. The Morgan fingerprint density at radius 1 is 1.38 bits per heavy atom. The lowest BCUT2D eigenvalue weighted by atomic mass is 10.2. The van der Waals surface area contributed by atoms with E-state index in [0.717, 1.165) is 13.1 Å². The molecule has 0 radical (unpaired) electrons. The normalized spacial score (nSPS) is 18.3. The van der Waals surface area contributed by atoms with Gasteiger partial charge in [-0.1, -0.05) is 6.42 Å². The maximum absolute atomic E-state index is 11.3. The summed E-state index contributed by atoms with van der Waals surface area (Å²) < 4.78 is 4.90. The van der Waals surface area contributed by atoms with E-state index in [2.05, 4.69) is 0 Å². The minimum Gasteiger partial charge on any atom is -0.449 e. The number of piperidine rings is 1. The molecule has 1 saturated heterocycles. The molecule has 1 amide bonds. The predicted molar refractivity (Wildman–Crippen MR) is 50.2 cm³/mol. The SMILES string of the molecule is CCOC(=O)N(C)N1CCCCC1. The molecular weight excluding hydrogens is 168 g/mol. The van der Waals surface area contributed by atoms with Gasteiger partial charge in [0.2, 0.25) is 0 Å². The third kappa shape index (κ3) is 2.88. The lowest BCUT2D eigenvalue weighted by molar-refractivity contribution is -0.0148. The molecule has 0 atom stereocenters. The van der Waals surface area contributed by atoms with Crippen LogP contribution < -0.4 is 0 Å². The second kappa shape index (κ2) is 5.07. The van der Waals surface area contributed by atoms with Gasteiger partial charge in [0, 0.05) is 20.1 Å². The number of rotatable bonds is 2. The molecule has 0 aromatic heterocycles. The number of hydrazine groups is 1. The van der Waals surface area contributed by atoms with Gasteiger partial charge in [-0.2, -0.15) is 0 Å². The van der Waals surface area contributed by atoms with E-state index in [9.17, 15) is 4.79 Å². The number of amides is 1. The van der Waals surface area contributed by atoms with E-state index in [1.165, 1.54) is 19.3 Å². The van der Waals surface area contributed by atoms with E-state index in [1.807, 2.05) is 11.9 Å². The molecule has 4 nitrogen and oxygen atoms in total. The number of hydrogen-bond acceptors (Lipinski definition) is 3. The molecule has 0 N–H and O–H groups in total. The number of hydrogen-bond donors (Lipinski definition) is 0. The van der Waals surface area contributed by atoms with Crippen molar-refractivity contribution in [3.63, 3.8) is 0 Å². The van der Waals surface area contributed by atoms with Gasteiger partial charge in [0.05, 0.1) is 6.61 Å². The van der Waals surface area contributed by atoms with Crippen molar-refractivity contribution in [1.82, 2.24) is 10.0 Å². The van der Waals surface area contributed by atoms with E-state index in [4.69, 9.17) is 4.74 Å². The first kappa shape index (κ1) is 10.3. The maximum Gasteiger partial charge on any atom is 0.424 e. The molecule has 0 aromatic carbocycles. The van der Waals surface area contributed by atoms with Gasteiger partial charge in [0.1, 0.15) is 0 Å². The smallest absolute Gasteiger partial charge is 0.424 e. The minimum atomic E-state index is -0.246. The van der Waals surface area contributed by atoms with E-state index in [0.29, 0.717) is 6.61 Å². The Hall–Kier alpha value is -0.770. The second-order valence-corrected chi connectivity index (χ2v) is 3.24. The maximum atomic E-state index is 11.3. The molecule has 0 aromatic rings. The summed E-state index contributed by atoms with van der Waals surface area (Å²) in [7, 11) is 1.77. The fraction of sp³-hybridized carbons (Fsp3) is 0.889. The fourth-order valence-corrected chi connectivity index (χ4v) is 1.51. The monoisotopic (exact) mass is 186 g/mol. The predicted octanol–water partition coefficient (Wildman–Crippen LogP) is 1.48. The van der Waals surface area contributed by atoms with Crippen LogP contribution in [0.25, 0.3) is 0 Å². The molecule has 0 aliphatic carbocycles. The average molecular weight is 186 g/mol. The van der Waals surface area contributed by atoms with Crippen LogP contribution in [-0.4, -0.2) is 42.9 Å². The van der Waals surface area contributed by atoms with Gasteiger partial charge < -0.3 is 4.74 Å². The molecule has 0 spiro atoms. The first-order valence-electron chi connectivity index (χ1n) is 4.91. The van der Waals surface area contributed by atoms with Crippen LogP contribution in [-0.2, 0) is 4.74 Å². The Balaban J connectivity index is 2.35. The Labute approximate surface area is 79.4 Å². The Bertz CT molecular complexity index is 167. The van der Waals surface area contributed by atoms with Gasteiger partial charge in [-0.05, 0) is 19.8 Å². The van der Waals surface area contributed by atoms with E-state index >= 15 is 0 Å². The highest BCUT2D eigenvalue weighted by Gasteiger charge is 2.19. The Morgan fingerprint density at radius 2 is 2.00 bits per heavy atom. The summed E-state index contributed by atoms with van der Waals surface area (Å²) in [6.45, 7) is 4.20. The summed E-state index contributed by atoms with van der Waals surface area (Å²) in [5.74, 6) is 0. The highest BCUT2D eigenvalue weighted by Crippen LogP contribution is 2.10. The zero-order chi connectivity index (χ0) is 9.68. The highest BCUT2D eigenvalue weighted by atomic mass is 16.6. The molecule has 1 heterocycles. The zero-order valence-corrected chi connectivity index (χ0v) is 8.45. The van der Waals surface area contributed by atoms with Gasteiger partial charge in [-0.15, -0.1) is 0 Å². The number of ether oxygens (including phenoxy) is 1. The van der Waals surface area contributed by atoms with Crippen molar-refractivity contribution in [1.29, 1.82) is 0 Å². The zero-order valence-electron chi connectivity index (χ0n) is 8.45. The summed E-state index contributed by atoms with van der Waals surface area (Å²) in [5.41, 5.74) is 0. The summed E-state index contributed by atoms with van der Waals surface area (Å²) in [6.07, 6.45) is 3.37. The van der Waals surface area contributed by atoms with Crippen molar-refractivity contribution in [2.24, 2.45) is 0 Å². The largest absolute Gasteiger partial charge is 0.449 e. The summed E-state index contributed by atoms with van der Waals surface area (Å²) >= 11 is 0. The summed E-state index contributed by atoms with van der Waals surface area (Å²) in [5, 5.41) is 3.63.